The van der Waals surface area contributed by atoms with Crippen molar-refractivity contribution in [2.45, 2.75) is 32.8 Å². The van der Waals surface area contributed by atoms with Gasteiger partial charge in [0.2, 0.25) is 5.91 Å². The minimum atomic E-state index is -0.329. The lowest BCUT2D eigenvalue weighted by Crippen LogP contribution is -2.28. The molecule has 20 heavy (non-hydrogen) atoms. The standard InChI is InChI=1S/C14H17Cl2NO3/c1-9(2)20-14(19)5-6-17-13(18)7-10-3-4-11(15)8-12(10)16/h3-4,8-9H,5-7H2,1-2H3,(H,17,18). The maximum absolute atomic E-state index is 11.7. The highest BCUT2D eigenvalue weighted by atomic mass is 35.5. The Morgan fingerprint density at radius 2 is 2.00 bits per heavy atom. The Balaban J connectivity index is 2.35. The van der Waals surface area contributed by atoms with Crippen molar-refractivity contribution in [1.29, 1.82) is 0 Å². The number of nitrogens with one attached hydrogen (secondary N) is 1. The molecular formula is C14H17Cl2NO3. The molecule has 0 saturated carbocycles. The first-order valence-electron chi connectivity index (χ1n) is 6.28. The van der Waals surface area contributed by atoms with Gasteiger partial charge in [0.05, 0.1) is 18.9 Å². The summed E-state index contributed by atoms with van der Waals surface area (Å²) in [6.07, 6.45) is 0.152. The van der Waals surface area contributed by atoms with Gasteiger partial charge in [-0.2, -0.15) is 0 Å². The number of esters is 1. The second-order valence-electron chi connectivity index (χ2n) is 4.55. The van der Waals surface area contributed by atoms with E-state index in [1.54, 1.807) is 32.0 Å². The first-order chi connectivity index (χ1) is 9.38. The van der Waals surface area contributed by atoms with Gasteiger partial charge in [-0.3, -0.25) is 9.59 Å². The minimum Gasteiger partial charge on any atom is -0.463 e. The SMILES string of the molecule is CC(C)OC(=O)CCNC(=O)Cc1ccc(Cl)cc1Cl. The zero-order valence-electron chi connectivity index (χ0n) is 11.4. The van der Waals surface area contributed by atoms with Crippen molar-refractivity contribution in [2.24, 2.45) is 0 Å². The highest BCUT2D eigenvalue weighted by molar-refractivity contribution is 6.35. The topological polar surface area (TPSA) is 55.4 Å². The highest BCUT2D eigenvalue weighted by Gasteiger charge is 2.09. The number of amides is 1. The molecule has 0 unspecified atom stereocenters. The quantitative estimate of drug-likeness (QED) is 0.820. The van der Waals surface area contributed by atoms with Crippen molar-refractivity contribution in [2.75, 3.05) is 6.54 Å². The third-order valence-corrected chi connectivity index (χ3v) is 2.97. The van der Waals surface area contributed by atoms with Crippen LogP contribution in [0.1, 0.15) is 25.8 Å². The Morgan fingerprint density at radius 3 is 2.60 bits per heavy atom. The molecule has 6 heteroatoms. The van der Waals surface area contributed by atoms with Crippen molar-refractivity contribution in [3.8, 4) is 0 Å². The number of rotatable bonds is 6. The molecule has 0 atom stereocenters. The molecule has 1 N–H and O–H groups in total. The monoisotopic (exact) mass is 317 g/mol. The normalized spacial score (nSPS) is 10.4. The molecule has 0 radical (unpaired) electrons. The molecule has 0 bridgehead atoms. The summed E-state index contributed by atoms with van der Waals surface area (Å²) >= 11 is 11.8. The van der Waals surface area contributed by atoms with Gasteiger partial charge in [0, 0.05) is 16.6 Å². The van der Waals surface area contributed by atoms with Gasteiger partial charge in [0.25, 0.3) is 0 Å². The van der Waals surface area contributed by atoms with E-state index in [9.17, 15) is 9.59 Å². The van der Waals surface area contributed by atoms with E-state index in [0.717, 1.165) is 0 Å². The van der Waals surface area contributed by atoms with Gasteiger partial charge in [-0.15, -0.1) is 0 Å². The summed E-state index contributed by atoms with van der Waals surface area (Å²) in [6.45, 7) is 3.80. The van der Waals surface area contributed by atoms with Crippen molar-refractivity contribution < 1.29 is 14.3 Å². The number of benzene rings is 1. The fraction of sp³-hybridized carbons (Fsp3) is 0.429. The van der Waals surface area contributed by atoms with Crippen LogP contribution in [-0.2, 0) is 20.7 Å². The number of carbonyl (C=O) groups is 2. The second-order valence-corrected chi connectivity index (χ2v) is 5.39. The number of hydrogen-bond acceptors (Lipinski definition) is 3. The van der Waals surface area contributed by atoms with Crippen LogP contribution >= 0.6 is 23.2 Å². The summed E-state index contributed by atoms with van der Waals surface area (Å²) in [4.78, 5) is 23.0. The molecule has 0 aliphatic carbocycles. The van der Waals surface area contributed by atoms with Crippen molar-refractivity contribution in [3.63, 3.8) is 0 Å². The zero-order chi connectivity index (χ0) is 15.1. The van der Waals surface area contributed by atoms with Crippen LogP contribution in [0.4, 0.5) is 0 Å². The van der Waals surface area contributed by atoms with E-state index >= 15 is 0 Å². The van der Waals surface area contributed by atoms with Crippen LogP contribution in [0.15, 0.2) is 18.2 Å². The molecule has 0 heterocycles. The third kappa shape index (κ3) is 6.26. The summed E-state index contributed by atoms with van der Waals surface area (Å²) in [5.74, 6) is -0.531. The number of ether oxygens (including phenoxy) is 1. The maximum Gasteiger partial charge on any atom is 0.307 e. The molecule has 0 saturated heterocycles. The van der Waals surface area contributed by atoms with E-state index in [1.165, 1.54) is 0 Å². The lowest BCUT2D eigenvalue weighted by atomic mass is 10.1. The highest BCUT2D eigenvalue weighted by Crippen LogP contribution is 2.21. The molecule has 1 amide bonds. The molecule has 1 aromatic carbocycles. The van der Waals surface area contributed by atoms with Crippen LogP contribution in [-0.4, -0.2) is 24.5 Å². The number of carbonyl (C=O) groups excluding carboxylic acids is 2. The van der Waals surface area contributed by atoms with Crippen molar-refractivity contribution >= 4 is 35.1 Å². The summed E-state index contributed by atoms with van der Waals surface area (Å²) < 4.78 is 4.96. The largest absolute Gasteiger partial charge is 0.463 e. The van der Waals surface area contributed by atoms with Crippen LogP contribution in [0.3, 0.4) is 0 Å². The third-order valence-electron chi connectivity index (χ3n) is 2.38. The molecule has 0 aromatic heterocycles. The Bertz CT molecular complexity index is 489. The predicted octanol–water partition coefficient (Wildman–Crippen LogP) is 2.99. The Hall–Kier alpha value is -1.26. The fourth-order valence-corrected chi connectivity index (χ4v) is 2.00. The van der Waals surface area contributed by atoms with Crippen molar-refractivity contribution in [3.05, 3.63) is 33.8 Å². The minimum absolute atomic E-state index is 0.147. The van der Waals surface area contributed by atoms with Crippen LogP contribution in [0.5, 0.6) is 0 Å². The first-order valence-corrected chi connectivity index (χ1v) is 7.04. The fourth-order valence-electron chi connectivity index (χ4n) is 1.53. The Kier molecular flexibility index (Phi) is 6.82. The first kappa shape index (κ1) is 16.8. The van der Waals surface area contributed by atoms with Crippen LogP contribution in [0.25, 0.3) is 0 Å². The van der Waals surface area contributed by atoms with Gasteiger partial charge < -0.3 is 10.1 Å². The lowest BCUT2D eigenvalue weighted by molar-refractivity contribution is -0.147. The number of hydrogen-bond donors (Lipinski definition) is 1. The number of halogens is 2. The van der Waals surface area contributed by atoms with E-state index in [0.29, 0.717) is 15.6 Å². The molecule has 0 aliphatic rings. The lowest BCUT2D eigenvalue weighted by Gasteiger charge is -2.09. The molecular weight excluding hydrogens is 301 g/mol. The maximum atomic E-state index is 11.7. The zero-order valence-corrected chi connectivity index (χ0v) is 12.9. The predicted molar refractivity (Wildman–Crippen MR) is 79.0 cm³/mol. The van der Waals surface area contributed by atoms with E-state index < -0.39 is 0 Å². The molecule has 0 aliphatic heterocycles. The van der Waals surface area contributed by atoms with E-state index in [2.05, 4.69) is 5.32 Å². The molecule has 1 rings (SSSR count). The summed E-state index contributed by atoms with van der Waals surface area (Å²) in [6, 6.07) is 4.97. The summed E-state index contributed by atoms with van der Waals surface area (Å²) in [5, 5.41) is 3.62. The smallest absolute Gasteiger partial charge is 0.307 e. The van der Waals surface area contributed by atoms with Crippen molar-refractivity contribution in [1.82, 2.24) is 5.32 Å². The Morgan fingerprint density at radius 1 is 1.30 bits per heavy atom. The molecule has 4 nitrogen and oxygen atoms in total. The Labute approximate surface area is 128 Å². The molecule has 0 spiro atoms. The average molecular weight is 318 g/mol. The summed E-state index contributed by atoms with van der Waals surface area (Å²) in [7, 11) is 0. The molecule has 0 fully saturated rings. The van der Waals surface area contributed by atoms with Gasteiger partial charge in [-0.25, -0.2) is 0 Å². The second kappa shape index (κ2) is 8.12. The van der Waals surface area contributed by atoms with Gasteiger partial charge in [0.15, 0.2) is 0 Å². The average Bonchev–Trinajstić information content (AvgIpc) is 2.31. The van der Waals surface area contributed by atoms with Gasteiger partial charge in [-0.1, -0.05) is 29.3 Å². The summed E-state index contributed by atoms with van der Waals surface area (Å²) in [5.41, 5.74) is 0.693. The van der Waals surface area contributed by atoms with Crippen LogP contribution in [0.2, 0.25) is 10.0 Å². The van der Waals surface area contributed by atoms with E-state index in [4.69, 9.17) is 27.9 Å². The van der Waals surface area contributed by atoms with Gasteiger partial charge >= 0.3 is 5.97 Å². The van der Waals surface area contributed by atoms with Gasteiger partial charge in [0.1, 0.15) is 0 Å². The van der Waals surface area contributed by atoms with Gasteiger partial charge in [-0.05, 0) is 31.5 Å². The van der Waals surface area contributed by atoms with E-state index in [1.807, 2.05) is 0 Å². The van der Waals surface area contributed by atoms with Crippen LogP contribution < -0.4 is 5.32 Å². The molecule has 110 valence electrons. The molecule has 1 aromatic rings. The van der Waals surface area contributed by atoms with E-state index in [-0.39, 0.29) is 37.4 Å². The van der Waals surface area contributed by atoms with Crippen LogP contribution in [0, 0.1) is 0 Å².